The maximum absolute atomic E-state index is 10.1. The normalized spacial score (nSPS) is 48.0. The van der Waals surface area contributed by atoms with Crippen molar-refractivity contribution in [2.45, 2.75) is 59.0 Å². The molecule has 1 N–H and O–H groups in total. The van der Waals surface area contributed by atoms with Crippen molar-refractivity contribution in [2.75, 3.05) is 0 Å². The molecule has 76 valence electrons. The molecule has 2 fully saturated rings. The first-order chi connectivity index (χ1) is 6.03. The lowest BCUT2D eigenvalue weighted by atomic mass is 9.44. The van der Waals surface area contributed by atoms with Crippen LogP contribution in [0.5, 0.6) is 0 Å². The molecule has 2 saturated carbocycles. The second kappa shape index (κ2) is 2.73. The molecule has 1 heteroatoms. The zero-order valence-electron chi connectivity index (χ0n) is 9.14. The SMILES string of the molecule is CCC12CCC1C(C)(C)CCC2O. The summed E-state index contributed by atoms with van der Waals surface area (Å²) in [6.07, 6.45) is 6.00. The van der Waals surface area contributed by atoms with E-state index in [0.717, 1.165) is 12.3 Å². The minimum Gasteiger partial charge on any atom is -0.393 e. The first kappa shape index (κ1) is 9.51. The van der Waals surface area contributed by atoms with Gasteiger partial charge in [-0.15, -0.1) is 0 Å². The molecule has 0 saturated heterocycles. The summed E-state index contributed by atoms with van der Waals surface area (Å²) in [5.74, 6) is 0.786. The van der Waals surface area contributed by atoms with Crippen molar-refractivity contribution in [3.05, 3.63) is 0 Å². The summed E-state index contributed by atoms with van der Waals surface area (Å²) in [7, 11) is 0. The van der Waals surface area contributed by atoms with Crippen molar-refractivity contribution in [1.29, 1.82) is 0 Å². The van der Waals surface area contributed by atoms with Crippen LogP contribution in [0.1, 0.15) is 52.9 Å². The number of hydrogen-bond donors (Lipinski definition) is 1. The molecule has 0 aromatic heterocycles. The van der Waals surface area contributed by atoms with Crippen molar-refractivity contribution in [3.8, 4) is 0 Å². The highest BCUT2D eigenvalue weighted by atomic mass is 16.3. The molecule has 0 aromatic carbocycles. The Morgan fingerprint density at radius 3 is 2.31 bits per heavy atom. The zero-order chi connectivity index (χ0) is 9.69. The zero-order valence-corrected chi connectivity index (χ0v) is 9.14. The largest absolute Gasteiger partial charge is 0.393 e. The second-order valence-electron chi connectivity index (χ2n) is 5.72. The second-order valence-corrected chi connectivity index (χ2v) is 5.72. The lowest BCUT2D eigenvalue weighted by Crippen LogP contribution is -2.57. The average Bonchev–Trinajstić information content (AvgIpc) is 1.98. The van der Waals surface area contributed by atoms with E-state index >= 15 is 0 Å². The summed E-state index contributed by atoms with van der Waals surface area (Å²) in [6.45, 7) is 7.01. The van der Waals surface area contributed by atoms with Crippen LogP contribution in [-0.2, 0) is 0 Å². The maximum atomic E-state index is 10.1. The quantitative estimate of drug-likeness (QED) is 0.661. The van der Waals surface area contributed by atoms with E-state index in [4.69, 9.17) is 0 Å². The van der Waals surface area contributed by atoms with Gasteiger partial charge in [0.2, 0.25) is 0 Å². The summed E-state index contributed by atoms with van der Waals surface area (Å²) in [5.41, 5.74) is 0.787. The molecule has 0 aliphatic heterocycles. The van der Waals surface area contributed by atoms with Crippen LogP contribution < -0.4 is 0 Å². The highest BCUT2D eigenvalue weighted by molar-refractivity contribution is 5.07. The van der Waals surface area contributed by atoms with Crippen LogP contribution in [-0.4, -0.2) is 11.2 Å². The lowest BCUT2D eigenvalue weighted by molar-refractivity contribution is -0.173. The van der Waals surface area contributed by atoms with Gasteiger partial charge in [-0.3, -0.25) is 0 Å². The Labute approximate surface area is 81.5 Å². The third-order valence-corrected chi connectivity index (χ3v) is 4.92. The summed E-state index contributed by atoms with van der Waals surface area (Å²) < 4.78 is 0. The molecule has 0 aromatic rings. The Hall–Kier alpha value is -0.0400. The lowest BCUT2D eigenvalue weighted by Gasteiger charge is -2.62. The molecule has 3 unspecified atom stereocenters. The fourth-order valence-corrected chi connectivity index (χ4v) is 3.86. The van der Waals surface area contributed by atoms with Gasteiger partial charge in [-0.1, -0.05) is 20.8 Å². The molecule has 2 aliphatic rings. The predicted molar refractivity (Wildman–Crippen MR) is 54.5 cm³/mol. The first-order valence-corrected chi connectivity index (χ1v) is 5.71. The molecular formula is C12H22O. The van der Waals surface area contributed by atoms with Crippen molar-refractivity contribution in [3.63, 3.8) is 0 Å². The number of hydrogen-bond acceptors (Lipinski definition) is 1. The van der Waals surface area contributed by atoms with Crippen LogP contribution in [0.2, 0.25) is 0 Å². The van der Waals surface area contributed by atoms with Gasteiger partial charge in [0.05, 0.1) is 6.10 Å². The van der Waals surface area contributed by atoms with E-state index < -0.39 is 0 Å². The molecule has 0 radical (unpaired) electrons. The van der Waals surface area contributed by atoms with Gasteiger partial charge in [0.15, 0.2) is 0 Å². The fourth-order valence-electron chi connectivity index (χ4n) is 3.86. The van der Waals surface area contributed by atoms with Gasteiger partial charge < -0.3 is 5.11 Å². The molecule has 13 heavy (non-hydrogen) atoms. The highest BCUT2D eigenvalue weighted by Crippen LogP contribution is 2.63. The minimum absolute atomic E-state index is 0.00993. The summed E-state index contributed by atoms with van der Waals surface area (Å²) in [6, 6.07) is 0. The highest BCUT2D eigenvalue weighted by Gasteiger charge is 2.58. The Morgan fingerprint density at radius 1 is 1.23 bits per heavy atom. The van der Waals surface area contributed by atoms with E-state index in [1.165, 1.54) is 25.7 Å². The molecule has 0 amide bonds. The average molecular weight is 182 g/mol. The molecule has 2 aliphatic carbocycles. The van der Waals surface area contributed by atoms with Gasteiger partial charge in [0.25, 0.3) is 0 Å². The standard InChI is InChI=1S/C12H22O/c1-4-12-8-5-9(12)11(2,3)7-6-10(12)13/h9-10,13H,4-8H2,1-3H3. The van der Waals surface area contributed by atoms with Crippen LogP contribution in [0.3, 0.4) is 0 Å². The fraction of sp³-hybridized carbons (Fsp3) is 1.00. The predicted octanol–water partition coefficient (Wildman–Crippen LogP) is 2.97. The van der Waals surface area contributed by atoms with Crippen LogP contribution in [0.4, 0.5) is 0 Å². The minimum atomic E-state index is -0.00993. The Bertz CT molecular complexity index is 205. The Morgan fingerprint density at radius 2 is 1.92 bits per heavy atom. The van der Waals surface area contributed by atoms with Crippen molar-refractivity contribution in [2.24, 2.45) is 16.7 Å². The number of aliphatic hydroxyl groups excluding tert-OH is 1. The van der Waals surface area contributed by atoms with E-state index in [0.29, 0.717) is 10.8 Å². The molecule has 0 spiro atoms. The molecule has 0 heterocycles. The van der Waals surface area contributed by atoms with Gasteiger partial charge in [-0.05, 0) is 48.9 Å². The van der Waals surface area contributed by atoms with E-state index in [9.17, 15) is 5.11 Å². The van der Waals surface area contributed by atoms with E-state index in [1.54, 1.807) is 0 Å². The van der Waals surface area contributed by atoms with Crippen molar-refractivity contribution in [1.82, 2.24) is 0 Å². The third-order valence-electron chi connectivity index (χ3n) is 4.92. The van der Waals surface area contributed by atoms with Gasteiger partial charge >= 0.3 is 0 Å². The van der Waals surface area contributed by atoms with Crippen LogP contribution in [0.15, 0.2) is 0 Å². The smallest absolute Gasteiger partial charge is 0.0599 e. The van der Waals surface area contributed by atoms with Crippen LogP contribution >= 0.6 is 0 Å². The molecular weight excluding hydrogens is 160 g/mol. The number of aliphatic hydroxyl groups is 1. The topological polar surface area (TPSA) is 20.2 Å². The third kappa shape index (κ3) is 1.09. The van der Waals surface area contributed by atoms with Gasteiger partial charge in [-0.25, -0.2) is 0 Å². The monoisotopic (exact) mass is 182 g/mol. The van der Waals surface area contributed by atoms with E-state index in [-0.39, 0.29) is 6.10 Å². The Kier molecular flexibility index (Phi) is 1.99. The van der Waals surface area contributed by atoms with Crippen LogP contribution in [0, 0.1) is 16.7 Å². The van der Waals surface area contributed by atoms with E-state index in [1.807, 2.05) is 0 Å². The summed E-state index contributed by atoms with van der Waals surface area (Å²) in [4.78, 5) is 0. The summed E-state index contributed by atoms with van der Waals surface area (Å²) in [5, 5.41) is 10.1. The van der Waals surface area contributed by atoms with Crippen LogP contribution in [0.25, 0.3) is 0 Å². The van der Waals surface area contributed by atoms with Gasteiger partial charge in [0, 0.05) is 0 Å². The van der Waals surface area contributed by atoms with Gasteiger partial charge in [-0.2, -0.15) is 0 Å². The van der Waals surface area contributed by atoms with E-state index in [2.05, 4.69) is 20.8 Å². The number of fused-ring (bicyclic) bond motifs is 1. The van der Waals surface area contributed by atoms with Crippen molar-refractivity contribution >= 4 is 0 Å². The van der Waals surface area contributed by atoms with Gasteiger partial charge in [0.1, 0.15) is 0 Å². The van der Waals surface area contributed by atoms with Crippen molar-refractivity contribution < 1.29 is 5.11 Å². The molecule has 3 atom stereocenters. The molecule has 2 rings (SSSR count). The summed E-state index contributed by atoms with van der Waals surface area (Å²) >= 11 is 0. The first-order valence-electron chi connectivity index (χ1n) is 5.71. The molecule has 0 bridgehead atoms. The number of rotatable bonds is 1. The molecule has 1 nitrogen and oxygen atoms in total. The Balaban J connectivity index is 2.24. The maximum Gasteiger partial charge on any atom is 0.0599 e.